The number of hydrogen-bond acceptors (Lipinski definition) is 8. The summed E-state index contributed by atoms with van der Waals surface area (Å²) in [6.07, 6.45) is 1.52. The summed E-state index contributed by atoms with van der Waals surface area (Å²) in [5, 5.41) is 23.4. The third kappa shape index (κ3) is 5.81. The molecule has 0 aromatic carbocycles. The second-order valence-electron chi connectivity index (χ2n) is 7.33. The number of aromatic amines is 1. The number of aryl methyl sites for hydroxylation is 1. The van der Waals surface area contributed by atoms with E-state index in [2.05, 4.69) is 20.6 Å². The van der Waals surface area contributed by atoms with Crippen molar-refractivity contribution in [1.82, 2.24) is 15.3 Å². The Morgan fingerprint density at radius 3 is 2.81 bits per heavy atom. The number of anilines is 2. The number of thiophene rings is 1. The number of carboxylic acids is 2. The number of carbonyl (C=O) groups is 3. The van der Waals surface area contributed by atoms with Gasteiger partial charge in [0.15, 0.2) is 0 Å². The molecule has 31 heavy (non-hydrogen) atoms. The quantitative estimate of drug-likeness (QED) is 0.320. The minimum atomic E-state index is -1.28. The summed E-state index contributed by atoms with van der Waals surface area (Å²) >= 11 is 1.26. The van der Waals surface area contributed by atoms with Gasteiger partial charge < -0.3 is 31.6 Å². The first-order valence-electron chi connectivity index (χ1n) is 9.69. The normalized spacial score (nSPS) is 16.1. The van der Waals surface area contributed by atoms with Gasteiger partial charge in [-0.15, -0.1) is 11.3 Å². The number of carbonyl (C=O) groups excluding carboxylic acids is 1. The smallest absolute Gasteiger partial charge is 0.326 e. The number of aromatic nitrogens is 2. The minimum Gasteiger partial charge on any atom is -0.481 e. The maximum Gasteiger partial charge on any atom is 0.326 e. The number of nitrogens with two attached hydrogens (primary N) is 1. The fourth-order valence-electron chi connectivity index (χ4n) is 3.40. The van der Waals surface area contributed by atoms with Crippen molar-refractivity contribution in [3.05, 3.63) is 37.8 Å². The number of fused-ring (bicyclic) bond motifs is 1. The van der Waals surface area contributed by atoms with Crippen LogP contribution in [0.5, 0.6) is 0 Å². The summed E-state index contributed by atoms with van der Waals surface area (Å²) < 4.78 is 0. The molecule has 11 nitrogen and oxygen atoms in total. The maximum absolute atomic E-state index is 12.3. The third-order valence-corrected chi connectivity index (χ3v) is 6.17. The summed E-state index contributed by atoms with van der Waals surface area (Å²) in [7, 11) is 0. The molecule has 0 bridgehead atoms. The van der Waals surface area contributed by atoms with Gasteiger partial charge in [0.1, 0.15) is 11.9 Å². The van der Waals surface area contributed by atoms with Crippen LogP contribution < -0.4 is 21.9 Å². The molecule has 2 atom stereocenters. The van der Waals surface area contributed by atoms with Crippen molar-refractivity contribution >= 4 is 40.9 Å². The van der Waals surface area contributed by atoms with Crippen LogP contribution in [-0.2, 0) is 22.4 Å². The van der Waals surface area contributed by atoms with Crippen molar-refractivity contribution in [1.29, 1.82) is 0 Å². The van der Waals surface area contributed by atoms with Crippen molar-refractivity contribution in [2.45, 2.75) is 38.1 Å². The van der Waals surface area contributed by atoms with Gasteiger partial charge in [0.05, 0.1) is 10.4 Å². The average molecular weight is 449 g/mol. The van der Waals surface area contributed by atoms with Gasteiger partial charge in [-0.1, -0.05) is 0 Å². The van der Waals surface area contributed by atoms with Gasteiger partial charge >= 0.3 is 11.9 Å². The SMILES string of the molecule is Nc1nc(=O)c2c([nH]1)NC[C@H](CCc1ccc(C(=O)NC(CCC(=O)O)C(=O)O)s1)C2. The van der Waals surface area contributed by atoms with Crippen LogP contribution in [0.2, 0.25) is 0 Å². The Bertz CT molecular complexity index is 1050. The van der Waals surface area contributed by atoms with Crippen LogP contribution >= 0.6 is 11.3 Å². The summed E-state index contributed by atoms with van der Waals surface area (Å²) in [6.45, 7) is 0.676. The third-order valence-electron chi connectivity index (χ3n) is 5.03. The molecule has 3 rings (SSSR count). The van der Waals surface area contributed by atoms with Crippen molar-refractivity contribution in [2.75, 3.05) is 17.6 Å². The molecule has 0 saturated carbocycles. The molecule has 12 heteroatoms. The molecule has 0 fully saturated rings. The molecule has 0 aliphatic carbocycles. The second-order valence-corrected chi connectivity index (χ2v) is 8.50. The number of amides is 1. The number of hydrogen-bond donors (Lipinski definition) is 6. The highest BCUT2D eigenvalue weighted by molar-refractivity contribution is 7.14. The van der Waals surface area contributed by atoms with Gasteiger partial charge in [-0.3, -0.25) is 14.4 Å². The summed E-state index contributed by atoms with van der Waals surface area (Å²) in [5.41, 5.74) is 5.80. The van der Waals surface area contributed by atoms with E-state index in [4.69, 9.17) is 10.8 Å². The standard InChI is InChI=1S/C19H23N5O6S/c20-19-23-15-11(16(27)24-19)7-9(8-21-15)1-2-10-3-5-13(31-10)17(28)22-12(18(29)30)4-6-14(25)26/h3,5,9,12H,1-2,4,6-8H2,(H,22,28)(H,25,26)(H,29,30)(H4,20,21,23,24,27)/t9-,12?/m1/s1. The fraction of sp³-hybridized carbons (Fsp3) is 0.421. The summed E-state index contributed by atoms with van der Waals surface area (Å²) in [6, 6.07) is 2.17. The van der Waals surface area contributed by atoms with E-state index in [0.29, 0.717) is 35.6 Å². The van der Waals surface area contributed by atoms with Crippen LogP contribution in [0, 0.1) is 5.92 Å². The van der Waals surface area contributed by atoms with E-state index < -0.39 is 23.9 Å². The molecule has 1 amide bonds. The van der Waals surface area contributed by atoms with Gasteiger partial charge in [-0.05, 0) is 43.7 Å². The van der Waals surface area contributed by atoms with Crippen LogP contribution in [0.3, 0.4) is 0 Å². The lowest BCUT2D eigenvalue weighted by Crippen LogP contribution is -2.40. The van der Waals surface area contributed by atoms with E-state index in [-0.39, 0.29) is 30.3 Å². The molecule has 1 aliphatic heterocycles. The van der Waals surface area contributed by atoms with Gasteiger partial charge in [0, 0.05) is 17.8 Å². The number of H-pyrrole nitrogens is 1. The lowest BCUT2D eigenvalue weighted by molar-refractivity contribution is -0.140. The lowest BCUT2D eigenvalue weighted by atomic mass is 9.92. The van der Waals surface area contributed by atoms with E-state index in [9.17, 15) is 24.3 Å². The van der Waals surface area contributed by atoms with Crippen LogP contribution in [0.25, 0.3) is 0 Å². The van der Waals surface area contributed by atoms with Crippen LogP contribution in [0.1, 0.15) is 39.4 Å². The predicted octanol–water partition coefficient (Wildman–Crippen LogP) is 0.678. The molecule has 2 aromatic heterocycles. The summed E-state index contributed by atoms with van der Waals surface area (Å²) in [5.74, 6) is -2.04. The molecule has 2 aromatic rings. The molecule has 1 aliphatic rings. The van der Waals surface area contributed by atoms with Crippen LogP contribution in [0.4, 0.5) is 11.8 Å². The Balaban J connectivity index is 1.55. The van der Waals surface area contributed by atoms with Crippen LogP contribution in [-0.4, -0.2) is 50.6 Å². The molecule has 1 unspecified atom stereocenters. The molecule has 166 valence electrons. The van der Waals surface area contributed by atoms with E-state index in [1.54, 1.807) is 6.07 Å². The zero-order chi connectivity index (χ0) is 22.5. The first-order chi connectivity index (χ1) is 14.7. The van der Waals surface area contributed by atoms with E-state index in [1.807, 2.05) is 6.07 Å². The van der Waals surface area contributed by atoms with Crippen molar-refractivity contribution in [3.63, 3.8) is 0 Å². The Labute approximate surface area is 180 Å². The van der Waals surface area contributed by atoms with Gasteiger partial charge in [-0.25, -0.2) is 4.79 Å². The van der Waals surface area contributed by atoms with E-state index in [1.165, 1.54) is 11.3 Å². The zero-order valence-electron chi connectivity index (χ0n) is 16.5. The zero-order valence-corrected chi connectivity index (χ0v) is 17.3. The number of nitrogens with zero attached hydrogens (tertiary/aromatic N) is 1. The van der Waals surface area contributed by atoms with Crippen molar-refractivity contribution in [2.24, 2.45) is 5.92 Å². The maximum atomic E-state index is 12.3. The number of nitrogens with one attached hydrogen (secondary N) is 3. The first-order valence-corrected chi connectivity index (χ1v) is 10.5. The van der Waals surface area contributed by atoms with E-state index >= 15 is 0 Å². The monoisotopic (exact) mass is 449 g/mol. The Morgan fingerprint density at radius 2 is 2.10 bits per heavy atom. The molecule has 3 heterocycles. The highest BCUT2D eigenvalue weighted by Gasteiger charge is 2.24. The van der Waals surface area contributed by atoms with Gasteiger partial charge in [0.25, 0.3) is 11.5 Å². The topological polar surface area (TPSA) is 187 Å². The highest BCUT2D eigenvalue weighted by atomic mass is 32.1. The Kier molecular flexibility index (Phi) is 6.90. The highest BCUT2D eigenvalue weighted by Crippen LogP contribution is 2.25. The van der Waals surface area contributed by atoms with Gasteiger partial charge in [0.2, 0.25) is 5.95 Å². The molecular weight excluding hydrogens is 426 g/mol. The van der Waals surface area contributed by atoms with Crippen molar-refractivity contribution < 1.29 is 24.6 Å². The lowest BCUT2D eigenvalue weighted by Gasteiger charge is -2.25. The van der Waals surface area contributed by atoms with Crippen molar-refractivity contribution in [3.8, 4) is 0 Å². The fourth-order valence-corrected chi connectivity index (χ4v) is 4.33. The Hall–Kier alpha value is -3.41. The largest absolute Gasteiger partial charge is 0.481 e. The number of aliphatic carboxylic acids is 2. The summed E-state index contributed by atoms with van der Waals surface area (Å²) in [4.78, 5) is 54.2. The Morgan fingerprint density at radius 1 is 1.32 bits per heavy atom. The van der Waals surface area contributed by atoms with Crippen LogP contribution in [0.15, 0.2) is 16.9 Å². The average Bonchev–Trinajstić information content (AvgIpc) is 3.18. The molecular formula is C19H23N5O6S. The molecule has 0 saturated heterocycles. The van der Waals surface area contributed by atoms with E-state index in [0.717, 1.165) is 11.3 Å². The molecule has 0 spiro atoms. The first kappa shape index (κ1) is 22.3. The minimum absolute atomic E-state index is 0.0761. The predicted molar refractivity (Wildman–Crippen MR) is 113 cm³/mol. The number of rotatable bonds is 9. The number of nitrogen functional groups attached to an aromatic ring is 1. The van der Waals surface area contributed by atoms with Gasteiger partial charge in [-0.2, -0.15) is 4.98 Å². The second kappa shape index (κ2) is 9.60. The molecule has 7 N–H and O–H groups in total. The number of carboxylic acid groups (broad SMARTS) is 2. The molecule has 0 radical (unpaired) electrons.